The van der Waals surface area contributed by atoms with Crippen LogP contribution in [0.15, 0.2) is 24.5 Å². The molecule has 0 unspecified atom stereocenters. The van der Waals surface area contributed by atoms with Gasteiger partial charge in [0.05, 0.1) is 12.8 Å². The van der Waals surface area contributed by atoms with Gasteiger partial charge in [0, 0.05) is 6.20 Å². The fourth-order valence-corrected chi connectivity index (χ4v) is 0.767. The van der Waals surface area contributed by atoms with Crippen LogP contribution in [-0.4, -0.2) is 21.3 Å². The molecule has 0 saturated heterocycles. The molecule has 1 aromatic rings. The second-order valence-electron chi connectivity index (χ2n) is 2.78. The molecule has 15 heavy (non-hydrogen) atoms. The molecule has 79 valence electrons. The van der Waals surface area contributed by atoms with Gasteiger partial charge in [-0.05, 0) is 18.6 Å². The van der Waals surface area contributed by atoms with Crippen LogP contribution >= 0.6 is 0 Å². The van der Waals surface area contributed by atoms with E-state index in [1.807, 2.05) is 12.1 Å². The van der Waals surface area contributed by atoms with Gasteiger partial charge in [0.2, 0.25) is 0 Å². The molecule has 4 nitrogen and oxygen atoms in total. The summed E-state index contributed by atoms with van der Waals surface area (Å²) >= 11 is 0.347. The predicted molar refractivity (Wildman–Crippen MR) is 52.7 cm³/mol. The first kappa shape index (κ1) is 14.0. The molecule has 0 saturated carbocycles. The van der Waals surface area contributed by atoms with Crippen molar-refractivity contribution in [1.29, 1.82) is 0 Å². The van der Waals surface area contributed by atoms with Crippen LogP contribution in [0.1, 0.15) is 19.8 Å². The number of ether oxygens (including phenoxy) is 1. The number of hydrogen-bond acceptors (Lipinski definition) is 3. The average molecular weight is 262 g/mol. The van der Waals surface area contributed by atoms with Gasteiger partial charge in [0.25, 0.3) is 0 Å². The van der Waals surface area contributed by atoms with Crippen LogP contribution in [-0.2, 0) is 18.3 Å². The fraction of sp³-hybridized carbons (Fsp3) is 0.400. The van der Waals surface area contributed by atoms with Crippen molar-refractivity contribution >= 4 is 4.56 Å². The second-order valence-corrected chi connectivity index (χ2v) is 4.05. The number of rotatable bonds is 4. The Bertz CT molecular complexity index is 263. The van der Waals surface area contributed by atoms with Crippen molar-refractivity contribution in [2.75, 3.05) is 6.61 Å². The van der Waals surface area contributed by atoms with E-state index in [-0.39, 0.29) is 0 Å². The summed E-state index contributed by atoms with van der Waals surface area (Å²) in [4.78, 5) is 13.0. The zero-order valence-electron chi connectivity index (χ0n) is 8.85. The Kier molecular flexibility index (Phi) is 8.98. The summed E-state index contributed by atoms with van der Waals surface area (Å²) < 4.78 is 4.68. The van der Waals surface area contributed by atoms with Gasteiger partial charge < -0.3 is 4.74 Å². The Morgan fingerprint density at radius 3 is 2.80 bits per heavy atom. The summed E-state index contributed by atoms with van der Waals surface area (Å²) in [5, 5.41) is 7.47. The first-order valence-corrected chi connectivity index (χ1v) is 6.23. The number of hydrogen-bond donors (Lipinski definition) is 1. The van der Waals surface area contributed by atoms with Crippen LogP contribution in [0.5, 0.6) is 5.75 Å². The van der Waals surface area contributed by atoms with E-state index in [2.05, 4.69) is 11.9 Å². The predicted octanol–water partition coefficient (Wildman–Crippen LogP) is 2.47. The van der Waals surface area contributed by atoms with Crippen molar-refractivity contribution in [2.45, 2.75) is 19.8 Å². The molecule has 1 rings (SSSR count). The molecule has 0 bridgehead atoms. The third-order valence-corrected chi connectivity index (χ3v) is 1.40. The molecule has 5 heteroatoms. The van der Waals surface area contributed by atoms with Gasteiger partial charge in [-0.2, -0.15) is 0 Å². The first-order chi connectivity index (χ1) is 7.16. The molecule has 0 radical (unpaired) electrons. The van der Waals surface area contributed by atoms with Crippen molar-refractivity contribution in [3.8, 4) is 5.75 Å². The van der Waals surface area contributed by atoms with Gasteiger partial charge in [-0.3, -0.25) is 4.98 Å². The van der Waals surface area contributed by atoms with E-state index in [0.29, 0.717) is 18.3 Å². The van der Waals surface area contributed by atoms with E-state index in [1.165, 1.54) is 6.42 Å². The first-order valence-electron chi connectivity index (χ1n) is 4.74. The SMILES string of the molecule is CCCCOc1cccnc1.O=[C](O)[Zn]. The summed E-state index contributed by atoms with van der Waals surface area (Å²) in [7, 11) is 0. The molecule has 0 aliphatic rings. The minimum absolute atomic E-state index is 0.347. The number of aromatic nitrogens is 1. The van der Waals surface area contributed by atoms with E-state index in [0.717, 1.165) is 18.8 Å². The number of nitrogens with zero attached hydrogens (tertiary/aromatic N) is 1. The van der Waals surface area contributed by atoms with Crippen LogP contribution in [0.25, 0.3) is 0 Å². The van der Waals surface area contributed by atoms with E-state index >= 15 is 0 Å². The molecule has 0 aliphatic heterocycles. The van der Waals surface area contributed by atoms with Crippen molar-refractivity contribution in [2.24, 2.45) is 0 Å². The summed E-state index contributed by atoms with van der Waals surface area (Å²) in [6, 6.07) is 3.80. The quantitative estimate of drug-likeness (QED) is 0.668. The Hall–Kier alpha value is -0.957. The molecule has 1 N–H and O–H groups in total. The van der Waals surface area contributed by atoms with E-state index < -0.39 is 4.56 Å². The molecule has 0 spiro atoms. The average Bonchev–Trinajstić information content (AvgIpc) is 2.19. The Morgan fingerprint density at radius 2 is 2.33 bits per heavy atom. The van der Waals surface area contributed by atoms with E-state index in [1.54, 1.807) is 12.4 Å². The zero-order chi connectivity index (χ0) is 11.5. The maximum atomic E-state index is 9.06. The molecular formula is C10H14NO3Zn. The zero-order valence-corrected chi connectivity index (χ0v) is 11.8. The van der Waals surface area contributed by atoms with Gasteiger partial charge in [-0.1, -0.05) is 13.3 Å². The summed E-state index contributed by atoms with van der Waals surface area (Å²) in [5.74, 6) is 0.862. The standard InChI is InChI=1S/C9H13NO.CHO2.Zn/c1-2-3-7-11-9-5-4-6-10-8-9;2-1-3;/h4-6,8H,2-3,7H2,1H3;(H,2,3);. The number of unbranched alkanes of at least 4 members (excludes halogenated alkanes) is 1. The minimum atomic E-state index is -0.708. The third kappa shape index (κ3) is 11.0. The molecule has 0 fully saturated rings. The third-order valence-electron chi connectivity index (χ3n) is 1.40. The molecule has 0 aromatic carbocycles. The van der Waals surface area contributed by atoms with E-state index in [9.17, 15) is 0 Å². The molecule has 0 amide bonds. The monoisotopic (exact) mass is 260 g/mol. The van der Waals surface area contributed by atoms with Crippen molar-refractivity contribution in [1.82, 2.24) is 4.98 Å². The van der Waals surface area contributed by atoms with Crippen LogP contribution in [0.3, 0.4) is 0 Å². The molecule has 0 aliphatic carbocycles. The summed E-state index contributed by atoms with van der Waals surface area (Å²) in [5.41, 5.74) is 0. The molecule has 0 atom stereocenters. The van der Waals surface area contributed by atoms with Crippen molar-refractivity contribution in [3.05, 3.63) is 24.5 Å². The van der Waals surface area contributed by atoms with Crippen molar-refractivity contribution in [3.63, 3.8) is 0 Å². The van der Waals surface area contributed by atoms with Gasteiger partial charge >= 0.3 is 32.8 Å². The number of carbonyl (C=O) groups is 1. The van der Waals surface area contributed by atoms with Crippen molar-refractivity contribution < 1.29 is 32.9 Å². The summed E-state index contributed by atoms with van der Waals surface area (Å²) in [6.07, 6.45) is 5.75. The maximum absolute atomic E-state index is 9.06. The molecule has 1 aromatic heterocycles. The van der Waals surface area contributed by atoms with Gasteiger partial charge in [0.1, 0.15) is 5.75 Å². The van der Waals surface area contributed by atoms with Crippen LogP contribution in [0.2, 0.25) is 0 Å². The second kappa shape index (κ2) is 9.59. The molecular weight excluding hydrogens is 248 g/mol. The normalized spacial score (nSPS) is 8.73. The van der Waals surface area contributed by atoms with Crippen LogP contribution < -0.4 is 4.74 Å². The van der Waals surface area contributed by atoms with E-state index in [4.69, 9.17) is 14.6 Å². The topological polar surface area (TPSA) is 59.4 Å². The number of carboxylic acid groups (broad SMARTS) is 1. The van der Waals surface area contributed by atoms with Crippen LogP contribution in [0, 0.1) is 0 Å². The Balaban J connectivity index is 0.000000423. The molecule has 1 heterocycles. The number of pyridine rings is 1. The Labute approximate surface area is 99.3 Å². The fourth-order valence-electron chi connectivity index (χ4n) is 0.767. The van der Waals surface area contributed by atoms with Gasteiger partial charge in [-0.25, -0.2) is 0 Å². The van der Waals surface area contributed by atoms with Gasteiger partial charge in [-0.15, -0.1) is 0 Å². The van der Waals surface area contributed by atoms with Gasteiger partial charge in [0.15, 0.2) is 0 Å². The Morgan fingerprint density at radius 1 is 1.67 bits per heavy atom. The van der Waals surface area contributed by atoms with Crippen LogP contribution in [0.4, 0.5) is 4.79 Å². The summed E-state index contributed by atoms with van der Waals surface area (Å²) in [6.45, 7) is 2.94.